The predicted octanol–water partition coefficient (Wildman–Crippen LogP) is 8.44. The molecule has 5 atom stereocenters. The summed E-state index contributed by atoms with van der Waals surface area (Å²) in [6.45, 7) is 3.38. The monoisotopic (exact) mass is 746 g/mol. The molecule has 0 aliphatic heterocycles. The standard InChI is InChI=1S/C39H71O11P/c1-3-5-7-8-9-10-11-12-13-14-15-16-22-26-39(44)50-33(31-49-51(45,46)47)30-48-38(43)25-21-18-17-20-24-34-35(37(42)29-36(34)41)28-27-32(40)23-19-6-4-2/h27-28,32-35,37,40,42H,3-26,29-31H2,1-2H3,(H2,45,46,47)/b28-27+/t32-,33+,34+,35+,37+/m0/s1. The third-order valence-corrected chi connectivity index (χ3v) is 10.2. The van der Waals surface area contributed by atoms with Gasteiger partial charge in [-0.1, -0.05) is 142 Å². The van der Waals surface area contributed by atoms with E-state index in [1.807, 2.05) is 6.08 Å². The number of ether oxygens (including phenoxy) is 2. The largest absolute Gasteiger partial charge is 0.469 e. The number of carbonyl (C=O) groups is 3. The van der Waals surface area contributed by atoms with Crippen LogP contribution in [0.3, 0.4) is 0 Å². The van der Waals surface area contributed by atoms with E-state index < -0.39 is 44.7 Å². The molecule has 0 amide bonds. The first-order chi connectivity index (χ1) is 24.5. The molecule has 11 nitrogen and oxygen atoms in total. The maximum atomic E-state index is 12.5. The maximum absolute atomic E-state index is 12.5. The van der Waals surface area contributed by atoms with Gasteiger partial charge in [0.25, 0.3) is 0 Å². The second-order valence-electron chi connectivity index (χ2n) is 14.4. The first kappa shape index (κ1) is 47.4. The van der Waals surface area contributed by atoms with E-state index in [1.165, 1.54) is 57.8 Å². The Morgan fingerprint density at radius 2 is 1.27 bits per heavy atom. The minimum absolute atomic E-state index is 0.0449. The van der Waals surface area contributed by atoms with Crippen LogP contribution in [-0.2, 0) is 32.9 Å². The van der Waals surface area contributed by atoms with Gasteiger partial charge in [0.2, 0.25) is 0 Å². The minimum atomic E-state index is -4.81. The van der Waals surface area contributed by atoms with Crippen LogP contribution in [0.2, 0.25) is 0 Å². The number of Topliss-reactive ketones (excluding diaryl/α,β-unsaturated/α-hetero) is 1. The Labute approximate surface area is 307 Å². The number of carbonyl (C=O) groups excluding carboxylic acids is 3. The zero-order chi connectivity index (χ0) is 37.7. The first-order valence-corrected chi connectivity index (χ1v) is 21.6. The van der Waals surface area contributed by atoms with Crippen LogP contribution in [0, 0.1) is 11.8 Å². The van der Waals surface area contributed by atoms with Gasteiger partial charge in [0.05, 0.1) is 18.8 Å². The van der Waals surface area contributed by atoms with Gasteiger partial charge in [0, 0.05) is 31.1 Å². The molecule has 0 saturated heterocycles. The number of esters is 2. The van der Waals surface area contributed by atoms with Crippen molar-refractivity contribution in [2.75, 3.05) is 13.2 Å². The molecule has 0 aromatic heterocycles. The third-order valence-electron chi connectivity index (χ3n) is 9.68. The zero-order valence-electron chi connectivity index (χ0n) is 31.7. The molecule has 51 heavy (non-hydrogen) atoms. The first-order valence-electron chi connectivity index (χ1n) is 20.1. The molecule has 12 heteroatoms. The van der Waals surface area contributed by atoms with Gasteiger partial charge in [-0.05, 0) is 25.7 Å². The fraction of sp³-hybridized carbons (Fsp3) is 0.872. The lowest BCUT2D eigenvalue weighted by Crippen LogP contribution is -2.29. The molecule has 0 aromatic rings. The minimum Gasteiger partial charge on any atom is -0.462 e. The summed E-state index contributed by atoms with van der Waals surface area (Å²) in [7, 11) is -4.81. The number of aliphatic hydroxyl groups excluding tert-OH is 2. The summed E-state index contributed by atoms with van der Waals surface area (Å²) in [6.07, 6.45) is 24.1. The van der Waals surface area contributed by atoms with Crippen molar-refractivity contribution in [3.8, 4) is 0 Å². The molecule has 0 radical (unpaired) electrons. The zero-order valence-corrected chi connectivity index (χ0v) is 32.6. The van der Waals surface area contributed by atoms with E-state index >= 15 is 0 Å². The molecule has 1 rings (SSSR count). The fourth-order valence-corrected chi connectivity index (χ4v) is 6.98. The molecule has 1 aliphatic rings. The lowest BCUT2D eigenvalue weighted by molar-refractivity contribution is -0.161. The highest BCUT2D eigenvalue weighted by Crippen LogP contribution is 2.36. The molecule has 0 bridgehead atoms. The average molecular weight is 747 g/mol. The second kappa shape index (κ2) is 29.8. The van der Waals surface area contributed by atoms with Crippen LogP contribution in [0.4, 0.5) is 0 Å². The van der Waals surface area contributed by atoms with E-state index in [9.17, 15) is 29.2 Å². The van der Waals surface area contributed by atoms with Crippen molar-refractivity contribution in [1.29, 1.82) is 0 Å². The Bertz CT molecular complexity index is 998. The number of hydrogen-bond acceptors (Lipinski definition) is 9. The van der Waals surface area contributed by atoms with Gasteiger partial charge >= 0.3 is 19.8 Å². The molecule has 298 valence electrons. The van der Waals surface area contributed by atoms with E-state index in [0.717, 1.165) is 57.8 Å². The Morgan fingerprint density at radius 3 is 1.84 bits per heavy atom. The molecule has 0 heterocycles. The van der Waals surface area contributed by atoms with Crippen molar-refractivity contribution in [2.24, 2.45) is 11.8 Å². The summed E-state index contributed by atoms with van der Waals surface area (Å²) >= 11 is 0. The van der Waals surface area contributed by atoms with Crippen molar-refractivity contribution >= 4 is 25.5 Å². The summed E-state index contributed by atoms with van der Waals surface area (Å²) in [5.41, 5.74) is 0. The van der Waals surface area contributed by atoms with E-state index in [4.69, 9.17) is 19.3 Å². The number of phosphoric acid groups is 1. The van der Waals surface area contributed by atoms with Gasteiger partial charge in [0.15, 0.2) is 6.10 Å². The van der Waals surface area contributed by atoms with Crippen LogP contribution in [-0.4, -0.2) is 69.2 Å². The number of phosphoric ester groups is 1. The number of unbranched alkanes of at least 4 members (excludes halogenated alkanes) is 17. The second-order valence-corrected chi connectivity index (χ2v) is 15.6. The third kappa shape index (κ3) is 25.9. The SMILES string of the molecule is CCCCCCCCCCCCCCCC(=O)O[C@H](COC(=O)CCCCCC[C@H]1C(=O)C[C@@H](O)[C@@H]1/C=C/[C@@H](O)CCCCC)COP(=O)(O)O. The predicted molar refractivity (Wildman–Crippen MR) is 199 cm³/mol. The van der Waals surface area contributed by atoms with Crippen LogP contribution < -0.4 is 0 Å². The highest BCUT2D eigenvalue weighted by atomic mass is 31.2. The average Bonchev–Trinajstić information content (AvgIpc) is 3.35. The van der Waals surface area contributed by atoms with E-state index in [-0.39, 0.29) is 43.5 Å². The molecule has 1 saturated carbocycles. The van der Waals surface area contributed by atoms with E-state index in [2.05, 4.69) is 18.4 Å². The van der Waals surface area contributed by atoms with Gasteiger partial charge < -0.3 is 29.5 Å². The van der Waals surface area contributed by atoms with Crippen LogP contribution in [0.15, 0.2) is 12.2 Å². The summed E-state index contributed by atoms with van der Waals surface area (Å²) in [5.74, 6) is -1.56. The quantitative estimate of drug-likeness (QED) is 0.0219. The van der Waals surface area contributed by atoms with Crippen molar-refractivity contribution in [3.05, 3.63) is 12.2 Å². The summed E-state index contributed by atoms with van der Waals surface area (Å²) < 4.78 is 26.3. The normalized spacial score (nSPS) is 19.1. The highest BCUT2D eigenvalue weighted by Gasteiger charge is 2.39. The van der Waals surface area contributed by atoms with Gasteiger partial charge in [0.1, 0.15) is 12.4 Å². The highest BCUT2D eigenvalue weighted by molar-refractivity contribution is 7.46. The number of aliphatic hydroxyl groups is 2. The molecule has 1 fully saturated rings. The van der Waals surface area contributed by atoms with Crippen LogP contribution >= 0.6 is 7.82 Å². The number of rotatable bonds is 33. The molecular weight excluding hydrogens is 675 g/mol. The Morgan fingerprint density at radius 1 is 0.765 bits per heavy atom. The van der Waals surface area contributed by atoms with Crippen LogP contribution in [0.25, 0.3) is 0 Å². The van der Waals surface area contributed by atoms with E-state index in [0.29, 0.717) is 25.7 Å². The Balaban J connectivity index is 2.28. The molecule has 0 unspecified atom stereocenters. The topological polar surface area (TPSA) is 177 Å². The van der Waals surface area contributed by atoms with Crippen molar-refractivity contribution in [3.63, 3.8) is 0 Å². The van der Waals surface area contributed by atoms with Crippen LogP contribution in [0.5, 0.6) is 0 Å². The maximum Gasteiger partial charge on any atom is 0.469 e. The smallest absolute Gasteiger partial charge is 0.462 e. The summed E-state index contributed by atoms with van der Waals surface area (Å²) in [6, 6.07) is 0. The van der Waals surface area contributed by atoms with Crippen molar-refractivity contribution in [1.82, 2.24) is 0 Å². The van der Waals surface area contributed by atoms with Gasteiger partial charge in [-0.15, -0.1) is 0 Å². The Hall–Kier alpha value is -1.62. The van der Waals surface area contributed by atoms with Gasteiger partial charge in [-0.25, -0.2) is 4.57 Å². The molecule has 1 aliphatic carbocycles. The lowest BCUT2D eigenvalue weighted by Gasteiger charge is -2.18. The van der Waals surface area contributed by atoms with Crippen molar-refractivity contribution in [2.45, 2.75) is 193 Å². The molecule has 0 aromatic carbocycles. The molecular formula is C39H71O11P. The fourth-order valence-electron chi connectivity index (χ4n) is 6.62. The van der Waals surface area contributed by atoms with Crippen LogP contribution in [0.1, 0.15) is 174 Å². The van der Waals surface area contributed by atoms with Crippen molar-refractivity contribution < 1.29 is 52.9 Å². The molecule has 0 spiro atoms. The molecule has 4 N–H and O–H groups in total. The number of hydrogen-bond donors (Lipinski definition) is 4. The Kier molecular flexibility index (Phi) is 27.7. The van der Waals surface area contributed by atoms with Gasteiger partial charge in [-0.2, -0.15) is 0 Å². The lowest BCUT2D eigenvalue weighted by atomic mass is 9.88. The van der Waals surface area contributed by atoms with Gasteiger partial charge in [-0.3, -0.25) is 18.9 Å². The van der Waals surface area contributed by atoms with E-state index in [1.54, 1.807) is 6.08 Å². The number of ketones is 1. The summed E-state index contributed by atoms with van der Waals surface area (Å²) in [4.78, 5) is 55.5. The summed E-state index contributed by atoms with van der Waals surface area (Å²) in [5, 5.41) is 20.6.